The summed E-state index contributed by atoms with van der Waals surface area (Å²) in [5.41, 5.74) is 8.38. The maximum Gasteiger partial charge on any atom is 0.407 e. The van der Waals surface area contributed by atoms with Gasteiger partial charge in [0.1, 0.15) is 5.60 Å². The Hall–Kier alpha value is -3.66. The van der Waals surface area contributed by atoms with Crippen molar-refractivity contribution in [2.24, 2.45) is 5.73 Å². The van der Waals surface area contributed by atoms with Gasteiger partial charge in [0.15, 0.2) is 23.0 Å². The second-order valence-electron chi connectivity index (χ2n) is 10.4. The van der Waals surface area contributed by atoms with Crippen LogP contribution >= 0.6 is 0 Å². The van der Waals surface area contributed by atoms with E-state index >= 15 is 0 Å². The van der Waals surface area contributed by atoms with E-state index in [0.29, 0.717) is 35.8 Å². The Morgan fingerprint density at radius 2 is 1.35 bits per heavy atom. The van der Waals surface area contributed by atoms with Crippen molar-refractivity contribution in [3.8, 4) is 34.1 Å². The van der Waals surface area contributed by atoms with E-state index in [2.05, 4.69) is 10.6 Å². The fraction of sp³-hybridized carbons (Fsp3) is 0.481. The molecule has 0 saturated heterocycles. The van der Waals surface area contributed by atoms with Crippen molar-refractivity contribution in [3.63, 3.8) is 0 Å². The van der Waals surface area contributed by atoms with Crippen LogP contribution in [0.15, 0.2) is 24.3 Å². The first kappa shape index (κ1) is 26.4. The van der Waals surface area contributed by atoms with E-state index in [9.17, 15) is 9.59 Å². The van der Waals surface area contributed by atoms with Gasteiger partial charge in [-0.25, -0.2) is 4.79 Å². The van der Waals surface area contributed by atoms with Crippen molar-refractivity contribution >= 4 is 12.0 Å². The van der Waals surface area contributed by atoms with Crippen LogP contribution in [0.2, 0.25) is 0 Å². The third-order valence-electron chi connectivity index (χ3n) is 5.79. The lowest BCUT2D eigenvalue weighted by Crippen LogP contribution is -2.38. The van der Waals surface area contributed by atoms with E-state index in [1.807, 2.05) is 58.9 Å². The van der Waals surface area contributed by atoms with Gasteiger partial charge >= 0.3 is 6.09 Å². The van der Waals surface area contributed by atoms with Crippen LogP contribution in [0.25, 0.3) is 11.1 Å². The highest BCUT2D eigenvalue weighted by molar-refractivity contribution is 5.83. The molecule has 0 radical (unpaired) electrons. The first-order valence-corrected chi connectivity index (χ1v) is 12.4. The topological polar surface area (TPSA) is 130 Å². The fourth-order valence-corrected chi connectivity index (χ4v) is 4.42. The summed E-state index contributed by atoms with van der Waals surface area (Å²) in [6.45, 7) is 9.48. The Morgan fingerprint density at radius 3 is 1.81 bits per heavy atom. The summed E-state index contributed by atoms with van der Waals surface area (Å²) in [5, 5.41) is 5.76. The number of fused-ring (bicyclic) bond motifs is 2. The van der Waals surface area contributed by atoms with E-state index in [1.165, 1.54) is 0 Å². The molecule has 0 spiro atoms. The van der Waals surface area contributed by atoms with Gasteiger partial charge in [0.25, 0.3) is 0 Å². The molecule has 2 aromatic carbocycles. The summed E-state index contributed by atoms with van der Waals surface area (Å²) in [6.07, 6.45) is 0.656. The normalized spacial score (nSPS) is 15.2. The molecule has 4 N–H and O–H groups in total. The molecule has 37 heavy (non-hydrogen) atoms. The molecule has 10 heteroatoms. The van der Waals surface area contributed by atoms with Crippen LogP contribution in [0, 0.1) is 0 Å². The van der Waals surface area contributed by atoms with Crippen molar-refractivity contribution in [1.29, 1.82) is 0 Å². The number of hydrogen-bond donors (Lipinski definition) is 3. The van der Waals surface area contributed by atoms with Gasteiger partial charge in [0, 0.05) is 23.2 Å². The maximum absolute atomic E-state index is 12.2. The van der Waals surface area contributed by atoms with Gasteiger partial charge in [-0.05, 0) is 82.9 Å². The third kappa shape index (κ3) is 6.56. The Bertz CT molecular complexity index is 1180. The van der Waals surface area contributed by atoms with Gasteiger partial charge in [0.2, 0.25) is 19.5 Å². The number of carbonyl (C=O) groups is 2. The smallest absolute Gasteiger partial charge is 0.407 e. The fourth-order valence-electron chi connectivity index (χ4n) is 4.42. The average Bonchev–Trinajstić information content (AvgIpc) is 3.45. The molecule has 10 nitrogen and oxygen atoms in total. The highest BCUT2D eigenvalue weighted by atomic mass is 16.7. The second-order valence-corrected chi connectivity index (χ2v) is 10.4. The molecule has 2 aliphatic rings. The van der Waals surface area contributed by atoms with Crippen LogP contribution in [0.5, 0.6) is 23.0 Å². The zero-order chi connectivity index (χ0) is 26.7. The second kappa shape index (κ2) is 10.8. The van der Waals surface area contributed by atoms with E-state index in [1.54, 1.807) is 0 Å². The van der Waals surface area contributed by atoms with Crippen molar-refractivity contribution in [2.45, 2.75) is 65.1 Å². The van der Waals surface area contributed by atoms with Crippen molar-refractivity contribution in [1.82, 2.24) is 10.6 Å². The van der Waals surface area contributed by atoms with Crippen LogP contribution in [-0.4, -0.2) is 49.8 Å². The summed E-state index contributed by atoms with van der Waals surface area (Å²) in [6, 6.07) is 7.56. The number of hydrogen-bond acceptors (Lipinski definition) is 8. The summed E-state index contributed by atoms with van der Waals surface area (Å²) in [4.78, 5) is 24.0. The van der Waals surface area contributed by atoms with Gasteiger partial charge in [-0.2, -0.15) is 0 Å². The number of carbonyl (C=O) groups excluding carboxylic acids is 2. The number of nitrogens with two attached hydrogens (primary N) is 1. The minimum atomic E-state index is -0.576. The number of ether oxygens (including phenoxy) is 5. The minimum Gasteiger partial charge on any atom is -0.454 e. The molecule has 0 fully saturated rings. The molecular weight excluding hydrogens is 478 g/mol. The zero-order valence-electron chi connectivity index (χ0n) is 21.9. The minimum absolute atomic E-state index is 0.0613. The van der Waals surface area contributed by atoms with Crippen LogP contribution in [0.4, 0.5) is 4.79 Å². The lowest BCUT2D eigenvalue weighted by molar-refractivity contribution is -0.120. The molecule has 2 heterocycles. The molecule has 2 aliphatic heterocycles. The molecule has 4 rings (SSSR count). The number of benzene rings is 2. The van der Waals surface area contributed by atoms with E-state index in [-0.39, 0.29) is 38.1 Å². The quantitative estimate of drug-likeness (QED) is 0.490. The van der Waals surface area contributed by atoms with Crippen molar-refractivity contribution in [3.05, 3.63) is 35.4 Å². The summed E-state index contributed by atoms with van der Waals surface area (Å²) < 4.78 is 28.5. The van der Waals surface area contributed by atoms with E-state index in [0.717, 1.165) is 22.3 Å². The van der Waals surface area contributed by atoms with Crippen LogP contribution < -0.4 is 35.3 Å². The largest absolute Gasteiger partial charge is 0.454 e. The highest BCUT2D eigenvalue weighted by Crippen LogP contribution is 2.49. The molecule has 0 aromatic heterocycles. The van der Waals surface area contributed by atoms with E-state index < -0.39 is 11.7 Å². The molecule has 200 valence electrons. The number of alkyl carbamates (subject to hydrolysis) is 1. The Kier molecular flexibility index (Phi) is 7.68. The predicted octanol–water partition coefficient (Wildman–Crippen LogP) is 3.27. The summed E-state index contributed by atoms with van der Waals surface area (Å²) in [5.74, 6) is 2.29. The standard InChI is InChI=1S/C27H35N3O7/c1-15(29-23(31)12-28)6-17-8-19(24-21(10-17)33-13-35-24)20-9-18(11-22-25(20)36-14-34-22)7-16(2)30-26(32)37-27(3,4)5/h8-11,15-16H,6-7,12-14,28H2,1-5H3,(H,29,31)(H,30,32)/t15?,16-/m1/s1. The molecule has 2 atom stereocenters. The van der Waals surface area contributed by atoms with Gasteiger partial charge in [-0.3, -0.25) is 4.79 Å². The molecule has 0 aliphatic carbocycles. The lowest BCUT2D eigenvalue weighted by Gasteiger charge is -2.22. The maximum atomic E-state index is 12.2. The van der Waals surface area contributed by atoms with Gasteiger partial charge in [-0.1, -0.05) is 0 Å². The monoisotopic (exact) mass is 513 g/mol. The predicted molar refractivity (Wildman–Crippen MR) is 137 cm³/mol. The molecule has 1 unspecified atom stereocenters. The molecule has 0 bridgehead atoms. The van der Waals surface area contributed by atoms with Crippen molar-refractivity contribution < 1.29 is 33.3 Å². The first-order valence-electron chi connectivity index (χ1n) is 12.4. The third-order valence-corrected chi connectivity index (χ3v) is 5.79. The molecule has 2 aromatic rings. The summed E-state index contributed by atoms with van der Waals surface area (Å²) >= 11 is 0. The first-order chi connectivity index (χ1) is 17.5. The molecule has 2 amide bonds. The lowest BCUT2D eigenvalue weighted by atomic mass is 9.94. The number of nitrogens with one attached hydrogen (secondary N) is 2. The summed E-state index contributed by atoms with van der Waals surface area (Å²) in [7, 11) is 0. The number of rotatable bonds is 8. The highest BCUT2D eigenvalue weighted by Gasteiger charge is 2.28. The van der Waals surface area contributed by atoms with Crippen molar-refractivity contribution in [2.75, 3.05) is 20.1 Å². The zero-order valence-corrected chi connectivity index (χ0v) is 21.9. The van der Waals surface area contributed by atoms with E-state index in [4.69, 9.17) is 29.4 Å². The number of amides is 2. The van der Waals surface area contributed by atoms with Gasteiger partial charge in [-0.15, -0.1) is 0 Å². The molecule has 0 saturated carbocycles. The van der Waals surface area contributed by atoms with Gasteiger partial charge in [0.05, 0.1) is 6.54 Å². The van der Waals surface area contributed by atoms with Crippen LogP contribution in [0.1, 0.15) is 45.7 Å². The van der Waals surface area contributed by atoms with Crippen LogP contribution in [-0.2, 0) is 22.4 Å². The SMILES string of the molecule is CC(Cc1cc2c(c(-c3cc(C[C@@H](C)NC(=O)OC(C)(C)C)cc4c3OCO4)c1)OCO2)NC(=O)CN. The Labute approximate surface area is 216 Å². The Morgan fingerprint density at radius 1 is 0.865 bits per heavy atom. The Balaban J connectivity index is 1.63. The van der Waals surface area contributed by atoms with Gasteiger partial charge < -0.3 is 40.1 Å². The average molecular weight is 514 g/mol. The molecular formula is C27H35N3O7. The van der Waals surface area contributed by atoms with Crippen LogP contribution in [0.3, 0.4) is 0 Å².